The quantitative estimate of drug-likeness (QED) is 0.160. The lowest BCUT2D eigenvalue weighted by atomic mass is 9.99. The summed E-state index contributed by atoms with van der Waals surface area (Å²) in [4.78, 5) is 63.0. The number of hydrogen-bond acceptors (Lipinski definition) is 7. The van der Waals surface area contributed by atoms with Crippen LogP contribution >= 0.6 is 31.9 Å². The van der Waals surface area contributed by atoms with Crippen molar-refractivity contribution in [1.29, 1.82) is 0 Å². The Morgan fingerprint density at radius 2 is 1.69 bits per heavy atom. The summed E-state index contributed by atoms with van der Waals surface area (Å²) < 4.78 is 1.02. The Hall–Kier alpha value is -4.10. The van der Waals surface area contributed by atoms with E-state index in [1.165, 1.54) is 31.2 Å². The molecule has 13 heteroatoms. The molecule has 5 rings (SSSR count). The Balaban J connectivity index is 1.34. The van der Waals surface area contributed by atoms with Crippen LogP contribution < -0.4 is 15.9 Å². The first kappa shape index (κ1) is 32.3. The highest BCUT2D eigenvalue weighted by atomic mass is 79.9. The van der Waals surface area contributed by atoms with Crippen LogP contribution in [0.3, 0.4) is 0 Å². The number of hydroxylamine groups is 2. The van der Waals surface area contributed by atoms with Crippen LogP contribution in [0, 0.1) is 0 Å². The Labute approximate surface area is 277 Å². The van der Waals surface area contributed by atoms with E-state index in [9.17, 15) is 24.3 Å². The number of nitrogen functional groups attached to an aromatic ring is 1. The highest BCUT2D eigenvalue weighted by molar-refractivity contribution is 9.11. The first-order valence-electron chi connectivity index (χ1n) is 14.5. The van der Waals surface area contributed by atoms with E-state index in [4.69, 9.17) is 10.6 Å². The van der Waals surface area contributed by atoms with Crippen molar-refractivity contribution in [1.82, 2.24) is 14.9 Å². The maximum Gasteiger partial charge on any atom is 0.322 e. The number of nitrogens with one attached hydrogen (secondary N) is 1. The molecule has 3 aromatic carbocycles. The summed E-state index contributed by atoms with van der Waals surface area (Å²) in [6, 6.07) is 15.0. The van der Waals surface area contributed by atoms with Gasteiger partial charge in [0.05, 0.1) is 5.69 Å². The number of benzene rings is 3. The number of urea groups is 1. The van der Waals surface area contributed by atoms with Crippen LogP contribution in [-0.2, 0) is 16.0 Å². The second-order valence-corrected chi connectivity index (χ2v) is 12.7. The Morgan fingerprint density at radius 1 is 1.04 bits per heavy atom. The number of Topliss-reactive ketones (excluding diaryl/α,β-unsaturated/α-hetero) is 1. The fourth-order valence-corrected chi connectivity index (χ4v) is 6.81. The van der Waals surface area contributed by atoms with Gasteiger partial charge in [0.15, 0.2) is 17.6 Å². The van der Waals surface area contributed by atoms with E-state index in [2.05, 4.69) is 37.2 Å². The molecule has 0 aromatic heterocycles. The van der Waals surface area contributed by atoms with E-state index in [0.717, 1.165) is 22.7 Å². The number of likely N-dealkylation sites (tertiary alicyclic amines) is 1. The summed E-state index contributed by atoms with van der Waals surface area (Å²) in [5.41, 5.74) is 8.60. The number of ketones is 1. The predicted molar refractivity (Wildman–Crippen MR) is 176 cm³/mol. The molecule has 4 amide bonds. The zero-order chi connectivity index (χ0) is 32.2. The number of rotatable bonds is 8. The third-order valence-electron chi connectivity index (χ3n) is 8.06. The lowest BCUT2D eigenvalue weighted by Crippen LogP contribution is -2.56. The lowest BCUT2D eigenvalue weighted by Gasteiger charge is -2.40. The molecule has 3 aromatic rings. The number of phenols is 1. The Kier molecular flexibility index (Phi) is 9.98. The Morgan fingerprint density at radius 3 is 2.33 bits per heavy atom. The molecule has 2 aliphatic heterocycles. The van der Waals surface area contributed by atoms with Gasteiger partial charge in [0, 0.05) is 59.2 Å². The topological polar surface area (TPSA) is 146 Å². The summed E-state index contributed by atoms with van der Waals surface area (Å²) in [5, 5.41) is 13.6. The highest BCUT2D eigenvalue weighted by Crippen LogP contribution is 2.31. The molecule has 4 N–H and O–H groups in total. The molecular weight excluding hydrogens is 710 g/mol. The van der Waals surface area contributed by atoms with Crippen LogP contribution in [0.5, 0.6) is 11.5 Å². The van der Waals surface area contributed by atoms with Gasteiger partial charge in [-0.15, -0.1) is 0 Å². The fraction of sp³-hybridized carbons (Fsp3) is 0.312. The number of anilines is 2. The number of para-hydroxylation sites is 1. The number of nitrogens with two attached hydrogens (primary N) is 1. The Bertz CT molecular complexity index is 1590. The normalized spacial score (nSPS) is 15.8. The number of halogens is 2. The first-order chi connectivity index (χ1) is 21.5. The minimum atomic E-state index is -1.29. The second kappa shape index (κ2) is 13.9. The average Bonchev–Trinajstić information content (AvgIpc) is 3.19. The van der Waals surface area contributed by atoms with E-state index >= 15 is 0 Å². The maximum atomic E-state index is 14.1. The van der Waals surface area contributed by atoms with Crippen molar-refractivity contribution in [2.45, 2.75) is 44.7 Å². The van der Waals surface area contributed by atoms with Crippen molar-refractivity contribution >= 4 is 66.9 Å². The molecule has 1 fully saturated rings. The van der Waals surface area contributed by atoms with Gasteiger partial charge >= 0.3 is 6.03 Å². The van der Waals surface area contributed by atoms with Gasteiger partial charge in [-0.3, -0.25) is 14.4 Å². The smallest absolute Gasteiger partial charge is 0.322 e. The number of piperidine rings is 1. The molecule has 1 saturated heterocycles. The number of hydrogen-bond donors (Lipinski definition) is 3. The van der Waals surface area contributed by atoms with E-state index in [0.29, 0.717) is 52.7 Å². The first-order valence-corrected chi connectivity index (χ1v) is 16.1. The lowest BCUT2D eigenvalue weighted by molar-refractivity contribution is -0.173. The standard InChI is InChI=1S/C32H33Br2N5O6/c1-19(40)39(45-24-8-6-23(41)7-9-24)28(18-29(42)21-16-25(33)30(35)26(34)17-21)31(43)37-13-11-22(12-14-37)38-15-10-20-4-2-3-5-27(20)36-32(38)44/h2-9,16-17,22,28,41H,10-15,18,35H2,1H3,(H,36,44). The number of phenolic OH excluding ortho intramolecular Hbond substituents is 1. The van der Waals surface area contributed by atoms with Gasteiger partial charge < -0.3 is 30.8 Å². The van der Waals surface area contributed by atoms with Gasteiger partial charge in [0.2, 0.25) is 5.91 Å². The summed E-state index contributed by atoms with van der Waals surface area (Å²) in [6.45, 7) is 2.47. The molecule has 0 aliphatic carbocycles. The van der Waals surface area contributed by atoms with Crippen LogP contribution in [0.1, 0.15) is 42.1 Å². The number of carbonyl (C=O) groups excluding carboxylic acids is 4. The molecule has 0 radical (unpaired) electrons. The number of fused-ring (bicyclic) bond motifs is 1. The molecule has 45 heavy (non-hydrogen) atoms. The molecule has 1 unspecified atom stereocenters. The zero-order valence-electron chi connectivity index (χ0n) is 24.5. The largest absolute Gasteiger partial charge is 0.508 e. The summed E-state index contributed by atoms with van der Waals surface area (Å²) in [7, 11) is 0. The van der Waals surface area contributed by atoms with Gasteiger partial charge in [0.1, 0.15) is 5.75 Å². The van der Waals surface area contributed by atoms with Crippen LogP contribution in [-0.4, -0.2) is 75.3 Å². The van der Waals surface area contributed by atoms with Crippen molar-refractivity contribution < 1.29 is 29.1 Å². The molecule has 2 heterocycles. The van der Waals surface area contributed by atoms with E-state index < -0.39 is 23.6 Å². The number of aromatic hydroxyl groups is 1. The highest BCUT2D eigenvalue weighted by Gasteiger charge is 2.39. The van der Waals surface area contributed by atoms with Gasteiger partial charge in [0.25, 0.3) is 5.91 Å². The number of nitrogens with zero attached hydrogens (tertiary/aromatic N) is 3. The molecule has 11 nitrogen and oxygen atoms in total. The second-order valence-electron chi connectivity index (χ2n) is 11.0. The summed E-state index contributed by atoms with van der Waals surface area (Å²) in [6.07, 6.45) is 1.43. The van der Waals surface area contributed by atoms with Crippen molar-refractivity contribution in [3.05, 3.63) is 80.7 Å². The molecule has 0 spiro atoms. The third-order valence-corrected chi connectivity index (χ3v) is 9.37. The van der Waals surface area contributed by atoms with Crippen molar-refractivity contribution in [2.24, 2.45) is 0 Å². The van der Waals surface area contributed by atoms with Gasteiger partial charge in [-0.25, -0.2) is 4.79 Å². The minimum absolute atomic E-state index is 0.00359. The third kappa shape index (κ3) is 7.42. The zero-order valence-corrected chi connectivity index (χ0v) is 27.7. The molecule has 2 aliphatic rings. The average molecular weight is 743 g/mol. The van der Waals surface area contributed by atoms with Gasteiger partial charge in [-0.05, 0) is 99.2 Å². The van der Waals surface area contributed by atoms with Crippen molar-refractivity contribution in [3.63, 3.8) is 0 Å². The monoisotopic (exact) mass is 741 g/mol. The predicted octanol–water partition coefficient (Wildman–Crippen LogP) is 5.36. The summed E-state index contributed by atoms with van der Waals surface area (Å²) >= 11 is 6.71. The van der Waals surface area contributed by atoms with E-state index in [-0.39, 0.29) is 30.0 Å². The van der Waals surface area contributed by atoms with Crippen LogP contribution in [0.4, 0.5) is 16.2 Å². The molecular formula is C32H33Br2N5O6. The number of carbonyl (C=O) groups is 4. The van der Waals surface area contributed by atoms with E-state index in [1.54, 1.807) is 17.0 Å². The maximum absolute atomic E-state index is 14.1. The van der Waals surface area contributed by atoms with Crippen LogP contribution in [0.2, 0.25) is 0 Å². The van der Waals surface area contributed by atoms with Gasteiger partial charge in [-0.1, -0.05) is 18.2 Å². The summed E-state index contributed by atoms with van der Waals surface area (Å²) in [5.74, 6) is -1.21. The minimum Gasteiger partial charge on any atom is -0.508 e. The van der Waals surface area contributed by atoms with Crippen molar-refractivity contribution in [2.75, 3.05) is 30.7 Å². The van der Waals surface area contributed by atoms with Crippen LogP contribution in [0.15, 0.2) is 69.6 Å². The van der Waals surface area contributed by atoms with Gasteiger partial charge in [-0.2, -0.15) is 5.06 Å². The fourth-order valence-electron chi connectivity index (χ4n) is 5.62. The van der Waals surface area contributed by atoms with Crippen molar-refractivity contribution in [3.8, 4) is 11.5 Å². The molecule has 0 saturated carbocycles. The van der Waals surface area contributed by atoms with Crippen LogP contribution in [0.25, 0.3) is 0 Å². The number of amides is 4. The molecule has 236 valence electrons. The SMILES string of the molecule is CC(=O)N(Oc1ccc(O)cc1)C(CC(=O)c1cc(Br)c(N)c(Br)c1)C(=O)N1CCC(N2CCc3ccccc3NC2=O)CC1. The van der Waals surface area contributed by atoms with E-state index in [1.807, 2.05) is 29.2 Å². The molecule has 0 bridgehead atoms. The molecule has 1 atom stereocenters.